The summed E-state index contributed by atoms with van der Waals surface area (Å²) in [6, 6.07) is 1.90. The third kappa shape index (κ3) is 2.21. The van der Waals surface area contributed by atoms with Crippen LogP contribution in [0.4, 0.5) is 13.2 Å². The first-order valence-corrected chi connectivity index (χ1v) is 5.12. The van der Waals surface area contributed by atoms with Crippen LogP contribution in [-0.4, -0.2) is 5.11 Å². The molecule has 0 fully saturated rings. The fraction of sp³-hybridized carbons (Fsp3) is 0.500. The fourth-order valence-electron chi connectivity index (χ4n) is 1.37. The van der Waals surface area contributed by atoms with Crippen LogP contribution in [0.2, 0.25) is 0 Å². The molecule has 0 aromatic heterocycles. The zero-order valence-corrected chi connectivity index (χ0v) is 9.52. The van der Waals surface area contributed by atoms with E-state index in [2.05, 4.69) is 0 Å². The Labute approximate surface area is 92.9 Å². The van der Waals surface area contributed by atoms with Crippen molar-refractivity contribution in [1.82, 2.24) is 0 Å². The van der Waals surface area contributed by atoms with Gasteiger partial charge in [-0.25, -0.2) is 13.2 Å². The average molecular weight is 232 g/mol. The van der Waals surface area contributed by atoms with Gasteiger partial charge in [-0.1, -0.05) is 26.8 Å². The number of halogens is 3. The predicted octanol–water partition coefficient (Wildman–Crippen LogP) is 3.57. The minimum Gasteiger partial charge on any atom is -0.388 e. The van der Waals surface area contributed by atoms with Crippen LogP contribution in [0.25, 0.3) is 0 Å². The molecule has 0 aliphatic rings. The monoisotopic (exact) mass is 232 g/mol. The molecule has 0 amide bonds. The van der Waals surface area contributed by atoms with Crippen LogP contribution in [0.1, 0.15) is 38.9 Å². The van der Waals surface area contributed by atoms with E-state index < -0.39 is 29.0 Å². The van der Waals surface area contributed by atoms with Gasteiger partial charge in [-0.2, -0.15) is 0 Å². The molecule has 16 heavy (non-hydrogen) atoms. The molecule has 0 saturated carbocycles. The summed E-state index contributed by atoms with van der Waals surface area (Å²) < 4.78 is 39.1. The largest absolute Gasteiger partial charge is 0.388 e. The third-order valence-electron chi connectivity index (χ3n) is 3.01. The van der Waals surface area contributed by atoms with Gasteiger partial charge in [-0.05, 0) is 17.9 Å². The Bertz CT molecular complexity index is 388. The van der Waals surface area contributed by atoms with Gasteiger partial charge in [0.25, 0.3) is 0 Å². The number of benzene rings is 1. The SMILES string of the molecule is CCC(C)(C)C(O)c1ccc(F)c(F)c1F. The highest BCUT2D eigenvalue weighted by Crippen LogP contribution is 2.37. The van der Waals surface area contributed by atoms with Crippen LogP contribution in [0.3, 0.4) is 0 Å². The predicted molar refractivity (Wildman–Crippen MR) is 55.3 cm³/mol. The number of hydrogen-bond donors (Lipinski definition) is 1. The van der Waals surface area contributed by atoms with Crippen molar-refractivity contribution in [2.45, 2.75) is 33.3 Å². The van der Waals surface area contributed by atoms with E-state index in [0.717, 1.165) is 12.1 Å². The molecular weight excluding hydrogens is 217 g/mol. The maximum atomic E-state index is 13.4. The van der Waals surface area contributed by atoms with Crippen molar-refractivity contribution < 1.29 is 18.3 Å². The highest BCUT2D eigenvalue weighted by Gasteiger charge is 2.30. The van der Waals surface area contributed by atoms with E-state index in [0.29, 0.717) is 6.42 Å². The lowest BCUT2D eigenvalue weighted by Gasteiger charge is -2.29. The zero-order chi connectivity index (χ0) is 12.5. The Morgan fingerprint density at radius 1 is 1.19 bits per heavy atom. The minimum absolute atomic E-state index is 0.203. The highest BCUT2D eigenvalue weighted by atomic mass is 19.2. The van der Waals surface area contributed by atoms with Crippen LogP contribution in [0.15, 0.2) is 12.1 Å². The first-order chi connectivity index (χ1) is 7.31. The average Bonchev–Trinajstić information content (AvgIpc) is 2.25. The van der Waals surface area contributed by atoms with Gasteiger partial charge < -0.3 is 5.11 Å². The summed E-state index contributed by atoms with van der Waals surface area (Å²) in [7, 11) is 0. The van der Waals surface area contributed by atoms with E-state index in [1.165, 1.54) is 0 Å². The minimum atomic E-state index is -1.54. The van der Waals surface area contributed by atoms with Gasteiger partial charge in [0.1, 0.15) is 0 Å². The molecule has 0 radical (unpaired) electrons. The van der Waals surface area contributed by atoms with Crippen molar-refractivity contribution in [2.24, 2.45) is 5.41 Å². The van der Waals surface area contributed by atoms with Crippen LogP contribution in [0, 0.1) is 22.9 Å². The van der Waals surface area contributed by atoms with Crippen molar-refractivity contribution in [2.75, 3.05) is 0 Å². The van der Waals surface area contributed by atoms with E-state index in [9.17, 15) is 18.3 Å². The van der Waals surface area contributed by atoms with Crippen LogP contribution < -0.4 is 0 Å². The topological polar surface area (TPSA) is 20.2 Å². The smallest absolute Gasteiger partial charge is 0.194 e. The van der Waals surface area contributed by atoms with E-state index in [1.54, 1.807) is 13.8 Å². The summed E-state index contributed by atoms with van der Waals surface area (Å²) in [4.78, 5) is 0. The number of aliphatic hydroxyl groups is 1. The van der Waals surface area contributed by atoms with E-state index in [-0.39, 0.29) is 5.56 Å². The van der Waals surface area contributed by atoms with Crippen molar-refractivity contribution >= 4 is 0 Å². The molecule has 1 nitrogen and oxygen atoms in total. The van der Waals surface area contributed by atoms with E-state index >= 15 is 0 Å². The number of aliphatic hydroxyl groups excluding tert-OH is 1. The molecule has 1 atom stereocenters. The number of rotatable bonds is 3. The number of hydrogen-bond acceptors (Lipinski definition) is 1. The molecule has 1 aromatic rings. The second kappa shape index (κ2) is 4.45. The van der Waals surface area contributed by atoms with Crippen molar-refractivity contribution in [3.63, 3.8) is 0 Å². The lowest BCUT2D eigenvalue weighted by Crippen LogP contribution is -2.22. The first kappa shape index (κ1) is 13.0. The Kier molecular flexibility index (Phi) is 3.63. The van der Waals surface area contributed by atoms with E-state index in [1.807, 2.05) is 6.92 Å². The maximum Gasteiger partial charge on any atom is 0.194 e. The molecule has 90 valence electrons. The first-order valence-electron chi connectivity index (χ1n) is 5.12. The normalized spacial score (nSPS) is 13.9. The Morgan fingerprint density at radius 2 is 1.75 bits per heavy atom. The van der Waals surface area contributed by atoms with Crippen molar-refractivity contribution in [3.8, 4) is 0 Å². The maximum absolute atomic E-state index is 13.4. The molecule has 0 saturated heterocycles. The van der Waals surface area contributed by atoms with Crippen LogP contribution in [-0.2, 0) is 0 Å². The molecule has 4 heteroatoms. The molecule has 1 N–H and O–H groups in total. The molecule has 0 spiro atoms. The van der Waals surface area contributed by atoms with Crippen molar-refractivity contribution in [3.05, 3.63) is 35.1 Å². The van der Waals surface area contributed by atoms with Gasteiger partial charge in [-0.15, -0.1) is 0 Å². The second-order valence-electron chi connectivity index (χ2n) is 4.51. The highest BCUT2D eigenvalue weighted by molar-refractivity contribution is 5.23. The summed E-state index contributed by atoms with van der Waals surface area (Å²) in [5.74, 6) is -4.10. The molecule has 1 rings (SSSR count). The summed E-state index contributed by atoms with van der Waals surface area (Å²) in [5, 5.41) is 9.92. The molecule has 0 bridgehead atoms. The molecule has 0 heterocycles. The van der Waals surface area contributed by atoms with Crippen LogP contribution in [0.5, 0.6) is 0 Å². The fourth-order valence-corrected chi connectivity index (χ4v) is 1.37. The van der Waals surface area contributed by atoms with Gasteiger partial charge >= 0.3 is 0 Å². The standard InChI is InChI=1S/C12H15F3O/c1-4-12(2,3)11(16)7-5-6-8(13)10(15)9(7)14/h5-6,11,16H,4H2,1-3H3. The Hall–Kier alpha value is -1.03. The van der Waals surface area contributed by atoms with Crippen LogP contribution >= 0.6 is 0 Å². The zero-order valence-electron chi connectivity index (χ0n) is 9.52. The van der Waals surface area contributed by atoms with Gasteiger partial charge in [0.05, 0.1) is 6.10 Å². The molecule has 1 aromatic carbocycles. The molecule has 0 aliphatic carbocycles. The molecule has 0 aliphatic heterocycles. The summed E-state index contributed by atoms with van der Waals surface area (Å²) in [6.45, 7) is 5.30. The quantitative estimate of drug-likeness (QED) is 0.790. The van der Waals surface area contributed by atoms with Gasteiger partial charge in [0.2, 0.25) is 0 Å². The second-order valence-corrected chi connectivity index (χ2v) is 4.51. The third-order valence-corrected chi connectivity index (χ3v) is 3.01. The van der Waals surface area contributed by atoms with Gasteiger partial charge in [0.15, 0.2) is 17.5 Å². The molecule has 1 unspecified atom stereocenters. The van der Waals surface area contributed by atoms with E-state index in [4.69, 9.17) is 0 Å². The lowest BCUT2D eigenvalue weighted by atomic mass is 9.80. The lowest BCUT2D eigenvalue weighted by molar-refractivity contribution is 0.0429. The van der Waals surface area contributed by atoms with Crippen molar-refractivity contribution in [1.29, 1.82) is 0 Å². The summed E-state index contributed by atoms with van der Waals surface area (Å²) in [5.41, 5.74) is -0.795. The Balaban J connectivity index is 3.20. The Morgan fingerprint density at radius 3 is 2.25 bits per heavy atom. The molecular formula is C12H15F3O. The summed E-state index contributed by atoms with van der Waals surface area (Å²) >= 11 is 0. The van der Waals surface area contributed by atoms with Gasteiger partial charge in [-0.3, -0.25) is 0 Å². The van der Waals surface area contributed by atoms with Gasteiger partial charge in [0, 0.05) is 5.56 Å². The summed E-state index contributed by atoms with van der Waals surface area (Å²) in [6.07, 6.45) is -0.570.